The molecule has 5 aliphatic carbocycles. The number of benzene rings is 2. The lowest BCUT2D eigenvalue weighted by molar-refractivity contribution is -0.169. The normalized spacial score (nSPS) is 31.0. The van der Waals surface area contributed by atoms with E-state index in [1.54, 1.807) is 6.07 Å². The van der Waals surface area contributed by atoms with E-state index in [2.05, 4.69) is 18.3 Å². The molecule has 5 fully saturated rings. The number of esters is 2. The average Bonchev–Trinajstić information content (AvgIpc) is 3.64. The van der Waals surface area contributed by atoms with Gasteiger partial charge in [0, 0.05) is 12.6 Å². The molecule has 47 heavy (non-hydrogen) atoms. The van der Waals surface area contributed by atoms with E-state index in [0.717, 1.165) is 63.4 Å². The van der Waals surface area contributed by atoms with Crippen molar-refractivity contribution >= 4 is 17.8 Å². The van der Waals surface area contributed by atoms with Crippen molar-refractivity contribution in [3.05, 3.63) is 59.2 Å². The van der Waals surface area contributed by atoms with Crippen LogP contribution in [-0.4, -0.2) is 43.7 Å². The van der Waals surface area contributed by atoms with Crippen LogP contribution < -0.4 is 14.8 Å². The van der Waals surface area contributed by atoms with Crippen molar-refractivity contribution in [3.63, 3.8) is 0 Å². The van der Waals surface area contributed by atoms with Crippen molar-refractivity contribution in [1.29, 1.82) is 5.26 Å². The molecule has 1 amide bonds. The molecule has 5 saturated carbocycles. The van der Waals surface area contributed by atoms with Crippen molar-refractivity contribution in [3.8, 4) is 17.6 Å². The predicted molar refractivity (Wildman–Crippen MR) is 171 cm³/mol. The summed E-state index contributed by atoms with van der Waals surface area (Å²) in [5.74, 6) is -0.264. The number of nitrogens with zero attached hydrogens (tertiary/aromatic N) is 1. The smallest absolute Gasteiger partial charge is 0.342 e. The number of methoxy groups -OCH3 is 1. The summed E-state index contributed by atoms with van der Waals surface area (Å²) < 4.78 is 23.5. The van der Waals surface area contributed by atoms with Gasteiger partial charge in [-0.25, -0.2) is 4.79 Å². The minimum Gasteiger partial charge on any atom is -0.496 e. The van der Waals surface area contributed by atoms with E-state index in [-0.39, 0.29) is 76.0 Å². The Labute approximate surface area is 276 Å². The number of carbonyl (C=O) groups excluding carboxylic acids is 3. The van der Waals surface area contributed by atoms with Crippen LogP contribution in [0.4, 0.5) is 0 Å². The first kappa shape index (κ1) is 31.5. The average molecular weight is 641 g/mol. The highest BCUT2D eigenvalue weighted by molar-refractivity contribution is 5.94. The Kier molecular flexibility index (Phi) is 8.40. The summed E-state index contributed by atoms with van der Waals surface area (Å²) in [6, 6.07) is 14.9. The fourth-order valence-electron chi connectivity index (χ4n) is 8.91. The van der Waals surface area contributed by atoms with Gasteiger partial charge >= 0.3 is 11.9 Å². The molecule has 0 saturated heterocycles. The Morgan fingerprint density at radius 1 is 1.00 bits per heavy atom. The van der Waals surface area contributed by atoms with Crippen LogP contribution in [0.15, 0.2) is 42.5 Å². The molecule has 2 aromatic carbocycles. The van der Waals surface area contributed by atoms with Gasteiger partial charge in [0.05, 0.1) is 30.6 Å². The largest absolute Gasteiger partial charge is 0.496 e. The summed E-state index contributed by atoms with van der Waals surface area (Å²) in [5, 5.41) is 13.1. The molecule has 4 atom stereocenters. The maximum atomic E-state index is 13.7. The van der Waals surface area contributed by atoms with Gasteiger partial charge in [0.1, 0.15) is 35.8 Å². The highest BCUT2D eigenvalue weighted by Crippen LogP contribution is 2.60. The van der Waals surface area contributed by atoms with Crippen LogP contribution in [-0.2, 0) is 25.7 Å². The van der Waals surface area contributed by atoms with E-state index in [4.69, 9.17) is 18.9 Å². The number of carbonyl (C=O) groups is 3. The minimum absolute atomic E-state index is 0.0134. The number of nitriles is 1. The molecule has 2 bridgehead atoms. The lowest BCUT2D eigenvalue weighted by Gasteiger charge is -2.56. The van der Waals surface area contributed by atoms with Gasteiger partial charge in [-0.15, -0.1) is 0 Å². The van der Waals surface area contributed by atoms with Gasteiger partial charge in [-0.2, -0.15) is 5.26 Å². The van der Waals surface area contributed by atoms with Crippen LogP contribution in [0.3, 0.4) is 0 Å². The summed E-state index contributed by atoms with van der Waals surface area (Å²) in [6.45, 7) is 3.15. The number of fused-ring (bicyclic) bond motifs is 2. The molecular weight excluding hydrogens is 596 g/mol. The molecule has 248 valence electrons. The van der Waals surface area contributed by atoms with Crippen LogP contribution >= 0.6 is 0 Å². The zero-order valence-corrected chi connectivity index (χ0v) is 27.3. The maximum Gasteiger partial charge on any atom is 0.342 e. The van der Waals surface area contributed by atoms with E-state index in [9.17, 15) is 19.6 Å². The van der Waals surface area contributed by atoms with E-state index < -0.39 is 12.1 Å². The number of hydrogen-bond acceptors (Lipinski definition) is 8. The van der Waals surface area contributed by atoms with Crippen LogP contribution in [0, 0.1) is 45.8 Å². The molecule has 1 N–H and O–H groups in total. The van der Waals surface area contributed by atoms with Crippen LogP contribution in [0.5, 0.6) is 11.5 Å². The number of amides is 1. The number of ether oxygens (including phenoxy) is 4. The molecule has 5 aliphatic rings. The van der Waals surface area contributed by atoms with Crippen molar-refractivity contribution in [2.75, 3.05) is 13.7 Å². The Morgan fingerprint density at radius 3 is 2.43 bits per heavy atom. The number of hydrogen-bond donors (Lipinski definition) is 1. The first-order chi connectivity index (χ1) is 22.7. The SMILES string of the molecule is COc1cc(C#N)c(OC2CC3(C2)CC(C(=O)OCc2ccccc2)C3)cc1C(=O)O[C@@H]1[C@H]2CC[C@H](C2)[C@@H]1C(=O)NCC1(C)CCC1. The first-order valence-electron chi connectivity index (χ1n) is 17.2. The second kappa shape index (κ2) is 12.5. The molecule has 1 spiro atoms. The second-order valence-corrected chi connectivity index (χ2v) is 15.1. The number of nitrogens with one attached hydrogen (secondary N) is 1. The quantitative estimate of drug-likeness (QED) is 0.291. The van der Waals surface area contributed by atoms with Crippen molar-refractivity contribution in [2.24, 2.45) is 34.5 Å². The molecule has 0 unspecified atom stereocenters. The third-order valence-electron chi connectivity index (χ3n) is 11.8. The Balaban J connectivity index is 0.966. The van der Waals surface area contributed by atoms with Crippen molar-refractivity contribution in [1.82, 2.24) is 5.32 Å². The highest BCUT2D eigenvalue weighted by atomic mass is 16.5. The van der Waals surface area contributed by atoms with E-state index in [0.29, 0.717) is 12.3 Å². The molecule has 2 aromatic rings. The fourth-order valence-corrected chi connectivity index (χ4v) is 8.91. The Bertz CT molecular complexity index is 1560. The summed E-state index contributed by atoms with van der Waals surface area (Å²) in [4.78, 5) is 39.7. The topological polar surface area (TPSA) is 124 Å². The molecule has 7 rings (SSSR count). The van der Waals surface area contributed by atoms with Crippen molar-refractivity contribution in [2.45, 2.75) is 89.9 Å². The summed E-state index contributed by atoms with van der Waals surface area (Å²) in [7, 11) is 1.45. The molecule has 0 aliphatic heterocycles. The van der Waals surface area contributed by atoms with E-state index in [1.807, 2.05) is 30.3 Å². The van der Waals surface area contributed by atoms with Gasteiger partial charge in [0.2, 0.25) is 5.91 Å². The third-order valence-corrected chi connectivity index (χ3v) is 11.8. The van der Waals surface area contributed by atoms with Gasteiger partial charge in [-0.3, -0.25) is 9.59 Å². The molecule has 9 nitrogen and oxygen atoms in total. The molecular formula is C38H44N2O7. The number of rotatable bonds is 11. The minimum atomic E-state index is -0.571. The van der Waals surface area contributed by atoms with E-state index in [1.165, 1.54) is 19.6 Å². The maximum absolute atomic E-state index is 13.7. The zero-order valence-electron chi connectivity index (χ0n) is 27.3. The third kappa shape index (κ3) is 6.19. The standard InChI is InChI=1S/C38H44N2O7/c1-37(11-6-12-37)22-40-34(41)32-24-9-10-25(13-24)33(32)47-36(43)29-15-30(26(20-39)14-31(29)44-2)46-28-18-38(19-28)16-27(17-38)35(42)45-21-23-7-4-3-5-8-23/h3-5,7-8,14-15,24-25,27-28,32-33H,6,9-13,16-19,21-22H2,1-2H3,(H,40,41)/t24-,25+,27?,28?,32+,33-,38?/m1/s1. The summed E-state index contributed by atoms with van der Waals surface area (Å²) in [5.41, 5.74) is 1.65. The van der Waals surface area contributed by atoms with Gasteiger partial charge in [-0.1, -0.05) is 43.7 Å². The van der Waals surface area contributed by atoms with Gasteiger partial charge < -0.3 is 24.3 Å². The molecule has 0 radical (unpaired) electrons. The highest BCUT2D eigenvalue weighted by Gasteiger charge is 2.56. The molecule has 0 heterocycles. The van der Waals surface area contributed by atoms with Crippen LogP contribution in [0.25, 0.3) is 0 Å². The lowest BCUT2D eigenvalue weighted by atomic mass is 9.50. The van der Waals surface area contributed by atoms with Crippen molar-refractivity contribution < 1.29 is 33.3 Å². The summed E-state index contributed by atoms with van der Waals surface area (Å²) in [6.07, 6.45) is 8.72. The molecule has 0 aromatic heterocycles. The van der Waals surface area contributed by atoms with Gasteiger partial charge in [0.25, 0.3) is 0 Å². The van der Waals surface area contributed by atoms with Crippen LogP contribution in [0.2, 0.25) is 0 Å². The molecule has 9 heteroatoms. The predicted octanol–water partition coefficient (Wildman–Crippen LogP) is 6.13. The van der Waals surface area contributed by atoms with Crippen LogP contribution in [0.1, 0.15) is 92.6 Å². The van der Waals surface area contributed by atoms with Gasteiger partial charge in [-0.05, 0) is 92.1 Å². The summed E-state index contributed by atoms with van der Waals surface area (Å²) >= 11 is 0. The lowest BCUT2D eigenvalue weighted by Crippen LogP contribution is -2.53. The Hall–Kier alpha value is -4.06. The fraction of sp³-hybridized carbons (Fsp3) is 0.579. The zero-order chi connectivity index (χ0) is 32.8. The second-order valence-electron chi connectivity index (χ2n) is 15.1. The Morgan fingerprint density at radius 2 is 1.74 bits per heavy atom. The first-order valence-corrected chi connectivity index (χ1v) is 17.2. The van der Waals surface area contributed by atoms with Gasteiger partial charge in [0.15, 0.2) is 0 Å². The van der Waals surface area contributed by atoms with E-state index >= 15 is 0 Å². The monoisotopic (exact) mass is 640 g/mol.